The average Bonchev–Trinajstić information content (AvgIpc) is 3.09. The van der Waals surface area contributed by atoms with Crippen LogP contribution in [0.3, 0.4) is 0 Å². The Balaban J connectivity index is 1.65. The van der Waals surface area contributed by atoms with Gasteiger partial charge in [-0.05, 0) is 70.8 Å². The molecule has 3 aromatic rings. The summed E-state index contributed by atoms with van der Waals surface area (Å²) in [5, 5.41) is 13.9. The molecule has 1 atom stereocenters. The van der Waals surface area contributed by atoms with Crippen molar-refractivity contribution in [2.75, 3.05) is 6.26 Å². The van der Waals surface area contributed by atoms with Crippen molar-refractivity contribution < 1.29 is 9.90 Å². The Morgan fingerprint density at radius 2 is 1.94 bits per heavy atom. The summed E-state index contributed by atoms with van der Waals surface area (Å²) >= 11 is 1.51. The first-order valence-corrected chi connectivity index (χ1v) is 12.9. The van der Waals surface area contributed by atoms with Crippen LogP contribution in [0.25, 0.3) is 10.9 Å². The SMILES string of the molecule is CSc1cc(C)[nH]c(=O)c1CNC(=O)c1c(C)n(C(C)C2CCC(O)CC2)c2ccccc12. The lowest BCUT2D eigenvalue weighted by Crippen LogP contribution is -2.28. The zero-order valence-electron chi connectivity index (χ0n) is 19.8. The smallest absolute Gasteiger partial charge is 0.254 e. The summed E-state index contributed by atoms with van der Waals surface area (Å²) in [7, 11) is 0. The van der Waals surface area contributed by atoms with Crippen LogP contribution in [-0.4, -0.2) is 32.9 Å². The average molecular weight is 468 g/mol. The van der Waals surface area contributed by atoms with Crippen molar-refractivity contribution >= 4 is 28.6 Å². The zero-order valence-corrected chi connectivity index (χ0v) is 20.6. The number of fused-ring (bicyclic) bond motifs is 1. The number of pyridine rings is 1. The Bertz CT molecular complexity index is 1220. The summed E-state index contributed by atoms with van der Waals surface area (Å²) in [6.45, 7) is 6.27. The van der Waals surface area contributed by atoms with Crippen molar-refractivity contribution in [2.45, 2.75) is 70.0 Å². The van der Waals surface area contributed by atoms with E-state index in [9.17, 15) is 14.7 Å². The number of hydrogen-bond acceptors (Lipinski definition) is 4. The normalized spacial score (nSPS) is 19.5. The molecule has 176 valence electrons. The number of para-hydroxylation sites is 1. The predicted octanol–water partition coefficient (Wildman–Crippen LogP) is 4.71. The van der Waals surface area contributed by atoms with Gasteiger partial charge in [-0.15, -0.1) is 11.8 Å². The number of aliphatic hydroxyl groups is 1. The highest BCUT2D eigenvalue weighted by Gasteiger charge is 2.29. The molecule has 1 unspecified atom stereocenters. The van der Waals surface area contributed by atoms with E-state index < -0.39 is 0 Å². The molecule has 0 spiro atoms. The fraction of sp³-hybridized carbons (Fsp3) is 0.462. The molecular formula is C26H33N3O3S. The van der Waals surface area contributed by atoms with Gasteiger partial charge in [-0.3, -0.25) is 9.59 Å². The third kappa shape index (κ3) is 4.62. The minimum atomic E-state index is -0.187. The zero-order chi connectivity index (χ0) is 23.7. The lowest BCUT2D eigenvalue weighted by molar-refractivity contribution is 0.0945. The first-order chi connectivity index (χ1) is 15.8. The molecule has 3 N–H and O–H groups in total. The number of benzene rings is 1. The number of H-pyrrole nitrogens is 1. The second-order valence-electron chi connectivity index (χ2n) is 9.17. The fourth-order valence-electron chi connectivity index (χ4n) is 5.29. The van der Waals surface area contributed by atoms with Crippen molar-refractivity contribution in [3.05, 3.63) is 63.2 Å². The van der Waals surface area contributed by atoms with E-state index in [1.165, 1.54) is 11.8 Å². The van der Waals surface area contributed by atoms with Crippen LogP contribution in [0, 0.1) is 19.8 Å². The number of nitrogens with zero attached hydrogens (tertiary/aromatic N) is 1. The third-order valence-corrected chi connectivity index (χ3v) is 7.89. The molecule has 0 radical (unpaired) electrons. The van der Waals surface area contributed by atoms with Crippen LogP contribution >= 0.6 is 11.8 Å². The first-order valence-electron chi connectivity index (χ1n) is 11.6. The molecule has 4 rings (SSSR count). The monoisotopic (exact) mass is 467 g/mol. The van der Waals surface area contributed by atoms with E-state index in [0.717, 1.165) is 52.9 Å². The number of aliphatic hydroxyl groups excluding tert-OH is 1. The minimum absolute atomic E-state index is 0.160. The van der Waals surface area contributed by atoms with Gasteiger partial charge >= 0.3 is 0 Å². The topological polar surface area (TPSA) is 87.1 Å². The van der Waals surface area contributed by atoms with Crippen molar-refractivity contribution in [3.8, 4) is 0 Å². The number of aromatic nitrogens is 2. The Labute approximate surface area is 198 Å². The van der Waals surface area contributed by atoms with E-state index in [0.29, 0.717) is 17.0 Å². The third-order valence-electron chi connectivity index (χ3n) is 7.09. The molecule has 1 saturated carbocycles. The van der Waals surface area contributed by atoms with Gasteiger partial charge in [0, 0.05) is 45.3 Å². The molecule has 6 nitrogen and oxygen atoms in total. The quantitative estimate of drug-likeness (QED) is 0.458. The number of carbonyl (C=O) groups is 1. The van der Waals surface area contributed by atoms with Gasteiger partial charge in [0.1, 0.15) is 0 Å². The molecule has 1 aliphatic carbocycles. The summed E-state index contributed by atoms with van der Waals surface area (Å²) in [5.74, 6) is 0.301. The Morgan fingerprint density at radius 1 is 1.24 bits per heavy atom. The lowest BCUT2D eigenvalue weighted by Gasteiger charge is -2.32. The van der Waals surface area contributed by atoms with Gasteiger partial charge in [0.2, 0.25) is 0 Å². The van der Waals surface area contributed by atoms with E-state index in [4.69, 9.17) is 0 Å². The highest BCUT2D eigenvalue weighted by molar-refractivity contribution is 7.98. The molecule has 1 aromatic carbocycles. The molecule has 1 aliphatic rings. The van der Waals surface area contributed by atoms with Gasteiger partial charge in [-0.1, -0.05) is 18.2 Å². The summed E-state index contributed by atoms with van der Waals surface area (Å²) in [6, 6.07) is 10.2. The summed E-state index contributed by atoms with van der Waals surface area (Å²) < 4.78 is 2.29. The molecule has 1 amide bonds. The Kier molecular flexibility index (Phi) is 7.00. The molecule has 0 saturated heterocycles. The van der Waals surface area contributed by atoms with Gasteiger partial charge in [-0.2, -0.15) is 0 Å². The number of aromatic amines is 1. The van der Waals surface area contributed by atoms with Crippen LogP contribution in [-0.2, 0) is 6.54 Å². The molecule has 0 aliphatic heterocycles. The van der Waals surface area contributed by atoms with Crippen molar-refractivity contribution in [1.82, 2.24) is 14.9 Å². The van der Waals surface area contributed by atoms with E-state index in [1.807, 2.05) is 44.4 Å². The van der Waals surface area contributed by atoms with E-state index in [2.05, 4.69) is 27.9 Å². The summed E-state index contributed by atoms with van der Waals surface area (Å²) in [4.78, 5) is 29.6. The number of hydrogen-bond donors (Lipinski definition) is 3. The first kappa shape index (κ1) is 23.6. The van der Waals surface area contributed by atoms with Crippen LogP contribution in [0.4, 0.5) is 0 Å². The number of nitrogens with one attached hydrogen (secondary N) is 2. The summed E-state index contributed by atoms with van der Waals surface area (Å²) in [5.41, 5.74) is 3.89. The molecular weight excluding hydrogens is 434 g/mol. The second kappa shape index (κ2) is 9.77. The van der Waals surface area contributed by atoms with Crippen molar-refractivity contribution in [2.24, 2.45) is 5.92 Å². The Hall–Kier alpha value is -2.51. The van der Waals surface area contributed by atoms with Crippen molar-refractivity contribution in [1.29, 1.82) is 0 Å². The number of rotatable bonds is 6. The van der Waals surface area contributed by atoms with Crippen LogP contribution in [0.1, 0.15) is 66.0 Å². The highest BCUT2D eigenvalue weighted by atomic mass is 32.2. The van der Waals surface area contributed by atoms with Crippen molar-refractivity contribution in [3.63, 3.8) is 0 Å². The lowest BCUT2D eigenvalue weighted by atomic mass is 9.83. The predicted molar refractivity (Wildman–Crippen MR) is 134 cm³/mol. The van der Waals surface area contributed by atoms with Gasteiger partial charge < -0.3 is 20.0 Å². The van der Waals surface area contributed by atoms with E-state index >= 15 is 0 Å². The van der Waals surface area contributed by atoms with Gasteiger partial charge in [0.25, 0.3) is 11.5 Å². The molecule has 2 heterocycles. The number of amides is 1. The maximum Gasteiger partial charge on any atom is 0.254 e. The maximum absolute atomic E-state index is 13.4. The second-order valence-corrected chi connectivity index (χ2v) is 10.0. The summed E-state index contributed by atoms with van der Waals surface area (Å²) in [6.07, 6.45) is 5.40. The van der Waals surface area contributed by atoms with Crippen LogP contribution in [0.2, 0.25) is 0 Å². The van der Waals surface area contributed by atoms with Gasteiger partial charge in [0.15, 0.2) is 0 Å². The standard InChI is InChI=1S/C26H33N3O3S/c1-15-13-23(33-4)21(25(31)28-15)14-27-26(32)24-17(3)29(22-8-6-5-7-20(22)24)16(2)18-9-11-19(30)12-10-18/h5-8,13,16,18-19,30H,9-12,14H2,1-4H3,(H,27,32)(H,28,31). The fourth-order valence-corrected chi connectivity index (χ4v) is 6.00. The van der Waals surface area contributed by atoms with E-state index in [-0.39, 0.29) is 30.2 Å². The molecule has 2 aromatic heterocycles. The number of aryl methyl sites for hydroxylation is 1. The largest absolute Gasteiger partial charge is 0.393 e. The molecule has 1 fully saturated rings. The van der Waals surface area contributed by atoms with Crippen LogP contribution < -0.4 is 10.9 Å². The molecule has 7 heteroatoms. The highest BCUT2D eigenvalue weighted by Crippen LogP contribution is 2.37. The van der Waals surface area contributed by atoms with Gasteiger partial charge in [0.05, 0.1) is 11.7 Å². The Morgan fingerprint density at radius 3 is 2.64 bits per heavy atom. The molecule has 0 bridgehead atoms. The number of carbonyl (C=O) groups excluding carboxylic acids is 1. The van der Waals surface area contributed by atoms with Crippen LogP contribution in [0.5, 0.6) is 0 Å². The number of thioether (sulfide) groups is 1. The van der Waals surface area contributed by atoms with Gasteiger partial charge in [-0.25, -0.2) is 0 Å². The minimum Gasteiger partial charge on any atom is -0.393 e. The van der Waals surface area contributed by atoms with E-state index in [1.54, 1.807) is 0 Å². The molecule has 33 heavy (non-hydrogen) atoms. The van der Waals surface area contributed by atoms with Crippen LogP contribution in [0.15, 0.2) is 40.0 Å². The maximum atomic E-state index is 13.4.